The van der Waals surface area contributed by atoms with E-state index in [-0.39, 0.29) is 11.2 Å². The summed E-state index contributed by atoms with van der Waals surface area (Å²) < 4.78 is 7.10. The molecule has 86 valence electrons. The molecule has 0 atom stereocenters. The topological polar surface area (TPSA) is 77.2 Å². The van der Waals surface area contributed by atoms with Crippen LogP contribution in [0.4, 0.5) is 0 Å². The number of fused-ring (bicyclic) bond motifs is 2. The number of nitrogens with zero attached hydrogens (tertiary/aromatic N) is 3. The monoisotopic (exact) mass is 223 g/mol. The summed E-state index contributed by atoms with van der Waals surface area (Å²) >= 11 is 0. The van der Waals surface area contributed by atoms with Gasteiger partial charge in [-0.3, -0.25) is 0 Å². The highest BCUT2D eigenvalue weighted by Crippen LogP contribution is 2.41. The van der Waals surface area contributed by atoms with Crippen LogP contribution in [0.15, 0.2) is 0 Å². The molecule has 0 aliphatic carbocycles. The van der Waals surface area contributed by atoms with Gasteiger partial charge in [0.2, 0.25) is 0 Å². The SMILES string of the molecule is O=C(O)c1nc2n(n1)CCC21CCOCC1. The van der Waals surface area contributed by atoms with Crippen LogP contribution in [0.25, 0.3) is 0 Å². The lowest BCUT2D eigenvalue weighted by Crippen LogP contribution is -2.32. The molecule has 6 heteroatoms. The number of carbonyl (C=O) groups is 1. The van der Waals surface area contributed by atoms with Gasteiger partial charge in [-0.25, -0.2) is 14.5 Å². The molecular weight excluding hydrogens is 210 g/mol. The van der Waals surface area contributed by atoms with Crippen LogP contribution < -0.4 is 0 Å². The average Bonchev–Trinajstić information content (AvgIpc) is 2.82. The van der Waals surface area contributed by atoms with E-state index in [1.165, 1.54) is 0 Å². The zero-order chi connectivity index (χ0) is 11.2. The number of hydrogen-bond donors (Lipinski definition) is 1. The summed E-state index contributed by atoms with van der Waals surface area (Å²) in [6, 6.07) is 0. The summed E-state index contributed by atoms with van der Waals surface area (Å²) in [5.74, 6) is -0.294. The van der Waals surface area contributed by atoms with Gasteiger partial charge in [0.1, 0.15) is 5.82 Å². The Hall–Kier alpha value is -1.43. The Morgan fingerprint density at radius 1 is 1.38 bits per heavy atom. The fourth-order valence-electron chi connectivity index (χ4n) is 2.65. The maximum absolute atomic E-state index is 10.8. The van der Waals surface area contributed by atoms with Crippen LogP contribution in [0.3, 0.4) is 0 Å². The summed E-state index contributed by atoms with van der Waals surface area (Å²) in [4.78, 5) is 15.0. The van der Waals surface area contributed by atoms with Crippen molar-refractivity contribution in [3.63, 3.8) is 0 Å². The largest absolute Gasteiger partial charge is 0.475 e. The molecule has 1 fully saturated rings. The van der Waals surface area contributed by atoms with Crippen LogP contribution >= 0.6 is 0 Å². The van der Waals surface area contributed by atoms with Crippen molar-refractivity contribution in [1.82, 2.24) is 14.8 Å². The molecule has 2 aliphatic rings. The summed E-state index contributed by atoms with van der Waals surface area (Å²) in [6.45, 7) is 2.24. The van der Waals surface area contributed by atoms with Crippen molar-refractivity contribution in [3.8, 4) is 0 Å². The molecule has 0 amide bonds. The van der Waals surface area contributed by atoms with Gasteiger partial charge >= 0.3 is 5.97 Å². The third kappa shape index (κ3) is 1.26. The molecule has 0 aromatic carbocycles. The average molecular weight is 223 g/mol. The van der Waals surface area contributed by atoms with Gasteiger partial charge in [-0.2, -0.15) is 0 Å². The molecular formula is C10H13N3O3. The van der Waals surface area contributed by atoms with E-state index in [0.29, 0.717) is 0 Å². The van der Waals surface area contributed by atoms with Gasteiger partial charge in [-0.15, -0.1) is 5.10 Å². The molecule has 0 saturated carbocycles. The van der Waals surface area contributed by atoms with E-state index < -0.39 is 5.97 Å². The number of carboxylic acids is 1. The van der Waals surface area contributed by atoms with E-state index in [2.05, 4.69) is 10.1 Å². The molecule has 1 aromatic rings. The van der Waals surface area contributed by atoms with Gasteiger partial charge in [0.25, 0.3) is 5.82 Å². The molecule has 1 aromatic heterocycles. The van der Waals surface area contributed by atoms with Crippen molar-refractivity contribution in [2.75, 3.05) is 13.2 Å². The summed E-state index contributed by atoms with van der Waals surface area (Å²) in [6.07, 6.45) is 2.85. The second kappa shape index (κ2) is 3.28. The third-order valence-electron chi connectivity index (χ3n) is 3.59. The van der Waals surface area contributed by atoms with Crippen LogP contribution in [-0.2, 0) is 16.7 Å². The number of aromatic nitrogens is 3. The van der Waals surface area contributed by atoms with Crippen LogP contribution in [0.5, 0.6) is 0 Å². The zero-order valence-electron chi connectivity index (χ0n) is 8.85. The highest BCUT2D eigenvalue weighted by molar-refractivity contribution is 5.83. The first-order valence-electron chi connectivity index (χ1n) is 5.48. The van der Waals surface area contributed by atoms with E-state index in [1.54, 1.807) is 4.68 Å². The van der Waals surface area contributed by atoms with Crippen LogP contribution in [0, 0.1) is 0 Å². The summed E-state index contributed by atoms with van der Waals surface area (Å²) in [7, 11) is 0. The smallest absolute Gasteiger partial charge is 0.375 e. The number of carboxylic acid groups (broad SMARTS) is 1. The third-order valence-corrected chi connectivity index (χ3v) is 3.59. The Morgan fingerprint density at radius 3 is 2.81 bits per heavy atom. The van der Waals surface area contributed by atoms with Gasteiger partial charge < -0.3 is 9.84 Å². The Morgan fingerprint density at radius 2 is 2.12 bits per heavy atom. The number of ether oxygens (including phenoxy) is 1. The Labute approximate surface area is 92.2 Å². The molecule has 16 heavy (non-hydrogen) atoms. The minimum absolute atomic E-state index is 0.0128. The fraction of sp³-hybridized carbons (Fsp3) is 0.700. The minimum atomic E-state index is -1.05. The van der Waals surface area contributed by atoms with E-state index in [9.17, 15) is 4.79 Å². The maximum atomic E-state index is 10.8. The maximum Gasteiger partial charge on any atom is 0.375 e. The lowest BCUT2D eigenvalue weighted by Gasteiger charge is -2.31. The van der Waals surface area contributed by atoms with Crippen molar-refractivity contribution < 1.29 is 14.6 Å². The molecule has 0 radical (unpaired) electrons. The fourth-order valence-corrected chi connectivity index (χ4v) is 2.65. The second-order valence-electron chi connectivity index (χ2n) is 4.43. The predicted octanol–water partition coefficient (Wildman–Crippen LogP) is 0.428. The number of aryl methyl sites for hydroxylation is 1. The normalized spacial score (nSPS) is 22.2. The van der Waals surface area contributed by atoms with Crippen molar-refractivity contribution in [1.29, 1.82) is 0 Å². The van der Waals surface area contributed by atoms with E-state index in [1.807, 2.05) is 0 Å². The summed E-state index contributed by atoms with van der Waals surface area (Å²) in [5.41, 5.74) is 0.0128. The Bertz CT molecular complexity index is 435. The quantitative estimate of drug-likeness (QED) is 0.747. The molecule has 0 unspecified atom stereocenters. The van der Waals surface area contributed by atoms with Crippen molar-refractivity contribution in [3.05, 3.63) is 11.6 Å². The zero-order valence-corrected chi connectivity index (χ0v) is 8.85. The van der Waals surface area contributed by atoms with Crippen LogP contribution in [0.1, 0.15) is 35.7 Å². The summed E-state index contributed by atoms with van der Waals surface area (Å²) in [5, 5.41) is 12.9. The lowest BCUT2D eigenvalue weighted by molar-refractivity contribution is 0.0491. The number of hydrogen-bond acceptors (Lipinski definition) is 4. The van der Waals surface area contributed by atoms with Gasteiger partial charge in [0.05, 0.1) is 0 Å². The molecule has 1 spiro atoms. The Kier molecular flexibility index (Phi) is 2.00. The van der Waals surface area contributed by atoms with Crippen molar-refractivity contribution in [2.24, 2.45) is 0 Å². The van der Waals surface area contributed by atoms with Gasteiger partial charge in [0.15, 0.2) is 0 Å². The van der Waals surface area contributed by atoms with E-state index in [4.69, 9.17) is 9.84 Å². The number of rotatable bonds is 1. The second-order valence-corrected chi connectivity index (χ2v) is 4.43. The molecule has 3 rings (SSSR count). The van der Waals surface area contributed by atoms with Crippen LogP contribution in [-0.4, -0.2) is 39.1 Å². The van der Waals surface area contributed by atoms with Gasteiger partial charge in [-0.1, -0.05) is 0 Å². The molecule has 2 aliphatic heterocycles. The van der Waals surface area contributed by atoms with Gasteiger partial charge in [0, 0.05) is 25.2 Å². The lowest BCUT2D eigenvalue weighted by atomic mass is 9.78. The van der Waals surface area contributed by atoms with E-state index in [0.717, 1.165) is 44.8 Å². The molecule has 1 N–H and O–H groups in total. The van der Waals surface area contributed by atoms with Crippen LogP contribution in [0.2, 0.25) is 0 Å². The molecule has 1 saturated heterocycles. The first-order valence-corrected chi connectivity index (χ1v) is 5.48. The number of aromatic carboxylic acids is 1. The Balaban J connectivity index is 2.00. The first kappa shape index (κ1) is 9.77. The predicted molar refractivity (Wildman–Crippen MR) is 53.3 cm³/mol. The van der Waals surface area contributed by atoms with E-state index >= 15 is 0 Å². The van der Waals surface area contributed by atoms with Crippen molar-refractivity contribution in [2.45, 2.75) is 31.2 Å². The molecule has 3 heterocycles. The minimum Gasteiger partial charge on any atom is -0.475 e. The highest BCUT2D eigenvalue weighted by Gasteiger charge is 2.43. The standard InChI is InChI=1S/C10H13N3O3/c14-8(15)7-11-9-10(1-4-13(9)12-7)2-5-16-6-3-10/h1-6H2,(H,14,15). The highest BCUT2D eigenvalue weighted by atomic mass is 16.5. The first-order chi connectivity index (χ1) is 7.71. The van der Waals surface area contributed by atoms with Crippen molar-refractivity contribution >= 4 is 5.97 Å². The molecule has 0 bridgehead atoms. The van der Waals surface area contributed by atoms with Gasteiger partial charge in [-0.05, 0) is 19.3 Å². The molecule has 6 nitrogen and oxygen atoms in total.